The lowest BCUT2D eigenvalue weighted by Crippen LogP contribution is -2.42. The van der Waals surface area contributed by atoms with Crippen molar-refractivity contribution in [1.29, 1.82) is 0 Å². The largest absolute Gasteiger partial charge is 0.481 e. The van der Waals surface area contributed by atoms with Gasteiger partial charge in [0.15, 0.2) is 0 Å². The molecule has 0 rings (SSSR count). The van der Waals surface area contributed by atoms with E-state index in [0.717, 1.165) is 13.0 Å². The number of nitrogens with zero attached hydrogens (tertiary/aromatic N) is 2. The zero-order valence-corrected chi connectivity index (χ0v) is 13.3. The number of nitrogens with one attached hydrogen (secondary N) is 1. The van der Waals surface area contributed by atoms with Crippen LogP contribution in [-0.4, -0.2) is 67.7 Å². The van der Waals surface area contributed by atoms with E-state index in [-0.39, 0.29) is 18.4 Å². The van der Waals surface area contributed by atoms with E-state index < -0.39 is 5.97 Å². The predicted octanol–water partition coefficient (Wildman–Crippen LogP) is 1.33. The molecule has 0 bridgehead atoms. The summed E-state index contributed by atoms with van der Waals surface area (Å²) in [6, 6.07) is -0.147. The molecule has 0 aliphatic heterocycles. The summed E-state index contributed by atoms with van der Waals surface area (Å²) in [6.45, 7) is 5.97. The molecule has 0 heterocycles. The molecular formula is C14H29N3O3. The summed E-state index contributed by atoms with van der Waals surface area (Å²) >= 11 is 0. The number of carbonyl (C=O) groups is 2. The molecule has 6 heteroatoms. The average molecular weight is 287 g/mol. The standard InChI is InChI=1S/C14H29N3O3/c1-11(2)8-12(9-13(18)19)10-15-14(20)17(5)7-6-16(3)4/h11-12H,6-10H2,1-5H3,(H,15,20)(H,18,19). The molecule has 0 saturated heterocycles. The number of aliphatic carboxylic acids is 1. The van der Waals surface area contributed by atoms with Crippen LogP contribution in [0.15, 0.2) is 0 Å². The van der Waals surface area contributed by atoms with Gasteiger partial charge in [0, 0.05) is 33.1 Å². The van der Waals surface area contributed by atoms with Gasteiger partial charge in [-0.05, 0) is 32.4 Å². The SMILES string of the molecule is CC(C)CC(CNC(=O)N(C)CCN(C)C)CC(=O)O. The Morgan fingerprint density at radius 1 is 1.15 bits per heavy atom. The number of carbonyl (C=O) groups excluding carboxylic acids is 1. The molecule has 2 N–H and O–H groups in total. The van der Waals surface area contributed by atoms with Crippen molar-refractivity contribution in [3.63, 3.8) is 0 Å². The van der Waals surface area contributed by atoms with Gasteiger partial charge < -0.3 is 20.2 Å². The van der Waals surface area contributed by atoms with Crippen molar-refractivity contribution in [2.24, 2.45) is 11.8 Å². The minimum absolute atomic E-state index is 0.0151. The number of hydrogen-bond donors (Lipinski definition) is 2. The minimum Gasteiger partial charge on any atom is -0.481 e. The van der Waals surface area contributed by atoms with Crippen LogP contribution < -0.4 is 5.32 Å². The Labute approximate surface area is 122 Å². The number of amides is 2. The third-order valence-corrected chi connectivity index (χ3v) is 3.04. The number of carboxylic acid groups (broad SMARTS) is 1. The van der Waals surface area contributed by atoms with E-state index in [9.17, 15) is 9.59 Å². The Bertz CT molecular complexity index is 306. The Hall–Kier alpha value is -1.30. The average Bonchev–Trinajstić information content (AvgIpc) is 2.31. The number of hydrogen-bond acceptors (Lipinski definition) is 3. The number of rotatable bonds is 9. The molecule has 1 unspecified atom stereocenters. The highest BCUT2D eigenvalue weighted by atomic mass is 16.4. The van der Waals surface area contributed by atoms with Crippen LogP contribution in [0.1, 0.15) is 26.7 Å². The minimum atomic E-state index is -0.814. The molecule has 20 heavy (non-hydrogen) atoms. The highest BCUT2D eigenvalue weighted by Gasteiger charge is 2.17. The third kappa shape index (κ3) is 9.61. The summed E-state index contributed by atoms with van der Waals surface area (Å²) in [5.41, 5.74) is 0. The molecule has 0 fully saturated rings. The fraction of sp³-hybridized carbons (Fsp3) is 0.857. The van der Waals surface area contributed by atoms with Gasteiger partial charge in [-0.1, -0.05) is 13.8 Å². The third-order valence-electron chi connectivity index (χ3n) is 3.04. The lowest BCUT2D eigenvalue weighted by molar-refractivity contribution is -0.138. The van der Waals surface area contributed by atoms with Gasteiger partial charge >= 0.3 is 12.0 Å². The van der Waals surface area contributed by atoms with E-state index in [4.69, 9.17) is 5.11 Å². The summed E-state index contributed by atoms with van der Waals surface area (Å²) in [6.07, 6.45) is 0.897. The van der Waals surface area contributed by atoms with E-state index in [2.05, 4.69) is 19.2 Å². The molecule has 0 radical (unpaired) electrons. The normalized spacial score (nSPS) is 12.6. The quantitative estimate of drug-likeness (QED) is 0.671. The first-order chi connectivity index (χ1) is 9.22. The van der Waals surface area contributed by atoms with E-state index in [0.29, 0.717) is 19.0 Å². The smallest absolute Gasteiger partial charge is 0.317 e. The van der Waals surface area contributed by atoms with Crippen LogP contribution in [0.5, 0.6) is 0 Å². The van der Waals surface area contributed by atoms with Gasteiger partial charge in [0.1, 0.15) is 0 Å². The molecule has 0 aromatic rings. The summed E-state index contributed by atoms with van der Waals surface area (Å²) in [4.78, 5) is 26.3. The molecule has 0 spiro atoms. The second-order valence-corrected chi connectivity index (χ2v) is 6.00. The van der Waals surface area contributed by atoms with E-state index >= 15 is 0 Å². The van der Waals surface area contributed by atoms with Crippen LogP contribution in [-0.2, 0) is 4.79 Å². The number of likely N-dealkylation sites (N-methyl/N-ethyl adjacent to an activating group) is 2. The van der Waals surface area contributed by atoms with Crippen molar-refractivity contribution in [2.45, 2.75) is 26.7 Å². The molecular weight excluding hydrogens is 258 g/mol. The number of urea groups is 1. The fourth-order valence-electron chi connectivity index (χ4n) is 1.97. The zero-order valence-electron chi connectivity index (χ0n) is 13.3. The van der Waals surface area contributed by atoms with Crippen LogP contribution in [0.25, 0.3) is 0 Å². The van der Waals surface area contributed by atoms with E-state index in [1.807, 2.05) is 19.0 Å². The first-order valence-corrected chi connectivity index (χ1v) is 7.07. The second kappa shape index (κ2) is 9.58. The van der Waals surface area contributed by atoms with Gasteiger partial charge in [0.2, 0.25) is 0 Å². The van der Waals surface area contributed by atoms with Crippen LogP contribution >= 0.6 is 0 Å². The van der Waals surface area contributed by atoms with Gasteiger partial charge in [-0.25, -0.2) is 4.79 Å². The highest BCUT2D eigenvalue weighted by molar-refractivity contribution is 5.74. The Morgan fingerprint density at radius 2 is 1.75 bits per heavy atom. The maximum atomic E-state index is 11.9. The summed E-state index contributed by atoms with van der Waals surface area (Å²) < 4.78 is 0. The zero-order chi connectivity index (χ0) is 15.7. The summed E-state index contributed by atoms with van der Waals surface area (Å²) in [5.74, 6) is -0.410. The molecule has 1 atom stereocenters. The molecule has 6 nitrogen and oxygen atoms in total. The summed E-state index contributed by atoms with van der Waals surface area (Å²) in [7, 11) is 5.65. The molecule has 0 aliphatic carbocycles. The van der Waals surface area contributed by atoms with Crippen LogP contribution in [0.4, 0.5) is 4.79 Å². The molecule has 0 saturated carbocycles. The van der Waals surface area contributed by atoms with Gasteiger partial charge in [-0.2, -0.15) is 0 Å². The lowest BCUT2D eigenvalue weighted by atomic mass is 9.94. The first-order valence-electron chi connectivity index (χ1n) is 7.07. The van der Waals surface area contributed by atoms with Gasteiger partial charge in [-0.15, -0.1) is 0 Å². The fourth-order valence-corrected chi connectivity index (χ4v) is 1.97. The van der Waals surface area contributed by atoms with Crippen LogP contribution in [0.3, 0.4) is 0 Å². The van der Waals surface area contributed by atoms with Crippen molar-refractivity contribution in [3.05, 3.63) is 0 Å². The molecule has 0 aromatic heterocycles. The van der Waals surface area contributed by atoms with Crippen LogP contribution in [0.2, 0.25) is 0 Å². The lowest BCUT2D eigenvalue weighted by Gasteiger charge is -2.23. The molecule has 2 amide bonds. The monoisotopic (exact) mass is 287 g/mol. The first kappa shape index (κ1) is 18.7. The van der Waals surface area contributed by atoms with Gasteiger partial charge in [0.25, 0.3) is 0 Å². The van der Waals surface area contributed by atoms with E-state index in [1.165, 1.54) is 0 Å². The second-order valence-electron chi connectivity index (χ2n) is 6.00. The van der Waals surface area contributed by atoms with Crippen molar-refractivity contribution in [3.8, 4) is 0 Å². The maximum absolute atomic E-state index is 11.9. The van der Waals surface area contributed by atoms with Crippen molar-refractivity contribution < 1.29 is 14.7 Å². The highest BCUT2D eigenvalue weighted by Crippen LogP contribution is 2.14. The number of carboxylic acids is 1. The molecule has 0 aliphatic rings. The Balaban J connectivity index is 4.17. The van der Waals surface area contributed by atoms with Gasteiger partial charge in [-0.3, -0.25) is 4.79 Å². The topological polar surface area (TPSA) is 72.9 Å². The van der Waals surface area contributed by atoms with E-state index in [1.54, 1.807) is 11.9 Å². The predicted molar refractivity (Wildman–Crippen MR) is 79.8 cm³/mol. The van der Waals surface area contributed by atoms with Crippen molar-refractivity contribution in [2.75, 3.05) is 40.8 Å². The summed E-state index contributed by atoms with van der Waals surface area (Å²) in [5, 5.41) is 11.7. The molecule has 118 valence electrons. The van der Waals surface area contributed by atoms with Gasteiger partial charge in [0.05, 0.1) is 0 Å². The van der Waals surface area contributed by atoms with Crippen molar-refractivity contribution >= 4 is 12.0 Å². The Morgan fingerprint density at radius 3 is 2.20 bits per heavy atom. The van der Waals surface area contributed by atoms with Crippen molar-refractivity contribution in [1.82, 2.24) is 15.1 Å². The Kier molecular flexibility index (Phi) is 8.96. The maximum Gasteiger partial charge on any atom is 0.317 e. The van der Waals surface area contributed by atoms with Crippen LogP contribution in [0, 0.1) is 11.8 Å². The molecule has 0 aromatic carbocycles.